The first-order chi connectivity index (χ1) is 7.99. The van der Waals surface area contributed by atoms with Gasteiger partial charge in [0.2, 0.25) is 0 Å². The largest absolute Gasteiger partial charge is 0.300 e. The third kappa shape index (κ3) is 2.15. The van der Waals surface area contributed by atoms with Crippen molar-refractivity contribution in [1.82, 2.24) is 9.80 Å². The van der Waals surface area contributed by atoms with E-state index in [9.17, 15) is 0 Å². The van der Waals surface area contributed by atoms with Crippen molar-refractivity contribution in [1.29, 1.82) is 0 Å². The van der Waals surface area contributed by atoms with E-state index in [2.05, 4.69) is 30.6 Å². The summed E-state index contributed by atoms with van der Waals surface area (Å²) < 4.78 is 0. The first-order valence-corrected chi connectivity index (χ1v) is 7.48. The fourth-order valence-corrected chi connectivity index (χ4v) is 3.98. The number of hydrogen-bond donors (Lipinski definition) is 0. The molecule has 0 bridgehead atoms. The molecule has 1 aliphatic carbocycles. The van der Waals surface area contributed by atoms with E-state index in [4.69, 9.17) is 0 Å². The van der Waals surface area contributed by atoms with Gasteiger partial charge in [-0.2, -0.15) is 0 Å². The number of hydrogen-bond acceptors (Lipinski definition) is 2. The number of likely N-dealkylation sites (tertiary alicyclic amines) is 2. The van der Waals surface area contributed by atoms with Gasteiger partial charge < -0.3 is 4.90 Å². The zero-order chi connectivity index (χ0) is 12.1. The summed E-state index contributed by atoms with van der Waals surface area (Å²) in [7, 11) is 0. The molecule has 0 N–H and O–H groups in total. The summed E-state index contributed by atoms with van der Waals surface area (Å²) in [6.45, 7) is 12.5. The summed E-state index contributed by atoms with van der Waals surface area (Å²) in [5, 5.41) is 0. The van der Waals surface area contributed by atoms with E-state index in [0.717, 1.165) is 11.5 Å². The molecule has 3 rings (SSSR count). The molecule has 0 aromatic rings. The van der Waals surface area contributed by atoms with Crippen LogP contribution >= 0.6 is 0 Å². The Bertz CT molecular complexity index is 272. The first-order valence-electron chi connectivity index (χ1n) is 7.48. The van der Waals surface area contributed by atoms with Crippen molar-refractivity contribution in [2.45, 2.75) is 64.5 Å². The molecule has 0 aromatic carbocycles. The Morgan fingerprint density at radius 3 is 2.06 bits per heavy atom. The van der Waals surface area contributed by atoms with Crippen LogP contribution < -0.4 is 0 Å². The van der Waals surface area contributed by atoms with E-state index in [1.165, 1.54) is 58.3 Å². The second-order valence-electron chi connectivity index (χ2n) is 7.69. The Morgan fingerprint density at radius 2 is 1.53 bits per heavy atom. The van der Waals surface area contributed by atoms with Gasteiger partial charge in [-0.1, -0.05) is 6.42 Å². The third-order valence-electron chi connectivity index (χ3n) is 5.25. The summed E-state index contributed by atoms with van der Waals surface area (Å²) in [5.41, 5.74) is 1.12. The molecule has 0 aromatic heterocycles. The lowest BCUT2D eigenvalue weighted by molar-refractivity contribution is -0.141. The minimum Gasteiger partial charge on any atom is -0.300 e. The molecule has 2 heterocycles. The van der Waals surface area contributed by atoms with Gasteiger partial charge >= 0.3 is 0 Å². The Hall–Kier alpha value is -0.0800. The molecule has 0 unspecified atom stereocenters. The van der Waals surface area contributed by atoms with Crippen LogP contribution in [-0.2, 0) is 0 Å². The smallest absolute Gasteiger partial charge is 0.0125 e. The van der Waals surface area contributed by atoms with Crippen LogP contribution in [0.5, 0.6) is 0 Å². The van der Waals surface area contributed by atoms with Gasteiger partial charge in [0, 0.05) is 24.7 Å². The monoisotopic (exact) mass is 236 g/mol. The highest BCUT2D eigenvalue weighted by Crippen LogP contribution is 2.52. The highest BCUT2D eigenvalue weighted by molar-refractivity contribution is 5.09. The molecule has 2 aliphatic heterocycles. The van der Waals surface area contributed by atoms with E-state index in [-0.39, 0.29) is 0 Å². The molecule has 0 radical (unpaired) electrons. The van der Waals surface area contributed by atoms with Gasteiger partial charge in [0.25, 0.3) is 0 Å². The lowest BCUT2D eigenvalue weighted by Gasteiger charge is -2.64. The molecule has 2 heteroatoms. The highest BCUT2D eigenvalue weighted by Gasteiger charge is 2.55. The van der Waals surface area contributed by atoms with Gasteiger partial charge in [-0.15, -0.1) is 0 Å². The molecule has 0 atom stereocenters. The van der Waals surface area contributed by atoms with Crippen LogP contribution in [0.15, 0.2) is 0 Å². The van der Waals surface area contributed by atoms with Crippen LogP contribution in [0.25, 0.3) is 0 Å². The zero-order valence-electron chi connectivity index (χ0n) is 11.8. The van der Waals surface area contributed by atoms with Gasteiger partial charge in [-0.05, 0) is 65.0 Å². The second-order valence-corrected chi connectivity index (χ2v) is 7.69. The van der Waals surface area contributed by atoms with Gasteiger partial charge in [-0.25, -0.2) is 0 Å². The van der Waals surface area contributed by atoms with E-state index in [1.807, 2.05) is 0 Å². The van der Waals surface area contributed by atoms with Crippen LogP contribution in [0.4, 0.5) is 0 Å². The predicted molar refractivity (Wildman–Crippen MR) is 72.2 cm³/mol. The minimum absolute atomic E-state index is 0.390. The third-order valence-corrected chi connectivity index (χ3v) is 5.25. The van der Waals surface area contributed by atoms with Crippen LogP contribution in [0.2, 0.25) is 0 Å². The predicted octanol–water partition coefficient (Wildman–Crippen LogP) is 2.74. The highest BCUT2D eigenvalue weighted by atomic mass is 15.3. The van der Waals surface area contributed by atoms with Gasteiger partial charge in [0.05, 0.1) is 0 Å². The van der Waals surface area contributed by atoms with Crippen molar-refractivity contribution in [3.05, 3.63) is 0 Å². The van der Waals surface area contributed by atoms with Crippen molar-refractivity contribution < 1.29 is 0 Å². The van der Waals surface area contributed by atoms with E-state index >= 15 is 0 Å². The average Bonchev–Trinajstić information content (AvgIpc) is 2.12. The van der Waals surface area contributed by atoms with Crippen LogP contribution in [0.1, 0.15) is 52.9 Å². The van der Waals surface area contributed by atoms with Gasteiger partial charge in [-0.3, -0.25) is 4.90 Å². The Balaban J connectivity index is 1.46. The van der Waals surface area contributed by atoms with E-state index < -0.39 is 0 Å². The summed E-state index contributed by atoms with van der Waals surface area (Å²) in [6.07, 6.45) is 7.32. The molecule has 1 saturated carbocycles. The lowest BCUT2D eigenvalue weighted by atomic mass is 9.59. The normalized spacial score (nSPS) is 31.2. The Kier molecular flexibility index (Phi) is 2.79. The fourth-order valence-electron chi connectivity index (χ4n) is 3.98. The quantitative estimate of drug-likeness (QED) is 0.691. The molecular formula is C15H28N2. The van der Waals surface area contributed by atoms with E-state index in [0.29, 0.717) is 5.54 Å². The minimum atomic E-state index is 0.390. The molecule has 0 amide bonds. The molecule has 2 saturated heterocycles. The van der Waals surface area contributed by atoms with Crippen LogP contribution in [0.3, 0.4) is 0 Å². The number of piperidine rings is 1. The van der Waals surface area contributed by atoms with Crippen molar-refractivity contribution in [3.63, 3.8) is 0 Å². The van der Waals surface area contributed by atoms with Crippen LogP contribution in [0, 0.1) is 5.41 Å². The maximum absolute atomic E-state index is 2.77. The maximum atomic E-state index is 2.77. The van der Waals surface area contributed by atoms with Crippen molar-refractivity contribution in [2.75, 3.05) is 26.2 Å². The number of rotatable bonds is 1. The van der Waals surface area contributed by atoms with E-state index in [1.54, 1.807) is 0 Å². The topological polar surface area (TPSA) is 6.48 Å². The molecular weight excluding hydrogens is 208 g/mol. The second kappa shape index (κ2) is 3.96. The first kappa shape index (κ1) is 12.0. The lowest BCUT2D eigenvalue weighted by Crippen LogP contribution is -2.70. The van der Waals surface area contributed by atoms with Crippen molar-refractivity contribution in [3.8, 4) is 0 Å². The average molecular weight is 236 g/mol. The molecule has 2 nitrogen and oxygen atoms in total. The summed E-state index contributed by atoms with van der Waals surface area (Å²) >= 11 is 0. The summed E-state index contributed by atoms with van der Waals surface area (Å²) in [4.78, 5) is 5.42. The molecule has 1 spiro atoms. The molecule has 17 heavy (non-hydrogen) atoms. The van der Waals surface area contributed by atoms with Crippen molar-refractivity contribution >= 4 is 0 Å². The maximum Gasteiger partial charge on any atom is 0.0125 e. The Morgan fingerprint density at radius 1 is 0.941 bits per heavy atom. The van der Waals surface area contributed by atoms with Gasteiger partial charge in [0.1, 0.15) is 0 Å². The van der Waals surface area contributed by atoms with Gasteiger partial charge in [0.15, 0.2) is 0 Å². The molecule has 3 aliphatic rings. The molecule has 3 fully saturated rings. The van der Waals surface area contributed by atoms with Crippen molar-refractivity contribution in [2.24, 2.45) is 5.41 Å². The number of nitrogens with zero attached hydrogens (tertiary/aromatic N) is 2. The fraction of sp³-hybridized carbons (Fsp3) is 1.00. The summed E-state index contributed by atoms with van der Waals surface area (Å²) in [6, 6.07) is 0.942. The molecule has 98 valence electrons. The SMILES string of the molecule is CC(C)(C)N1CC2(CC(N3CCCCC3)C2)C1. The van der Waals surface area contributed by atoms with Crippen LogP contribution in [-0.4, -0.2) is 47.6 Å². The Labute approximate surface area is 106 Å². The zero-order valence-corrected chi connectivity index (χ0v) is 11.8. The standard InChI is InChI=1S/C15H28N2/c1-14(2,3)17-11-15(12-17)9-13(10-15)16-7-5-4-6-8-16/h13H,4-12H2,1-3H3. The summed E-state index contributed by atoms with van der Waals surface area (Å²) in [5.74, 6) is 0.